The number of pyridine rings is 1. The lowest BCUT2D eigenvalue weighted by atomic mass is 10.3. The Bertz CT molecular complexity index is 347. The molecule has 4 heteroatoms. The van der Waals surface area contributed by atoms with Gasteiger partial charge in [-0.15, -0.1) is 0 Å². The maximum Gasteiger partial charge on any atom is 0.330 e. The fraction of sp³-hybridized carbons (Fsp3) is 0.200. The molecule has 0 aliphatic heterocycles. The number of carbonyl (C=O) groups excluding carboxylic acids is 1. The molecule has 0 amide bonds. The van der Waals surface area contributed by atoms with Crippen LogP contribution in [0.2, 0.25) is 0 Å². The highest BCUT2D eigenvalue weighted by Gasteiger charge is 1.94. The summed E-state index contributed by atoms with van der Waals surface area (Å²) < 4.78 is 4.43. The number of ether oxygens (including phenoxy) is 1. The van der Waals surface area contributed by atoms with Gasteiger partial charge in [0.25, 0.3) is 0 Å². The molecule has 1 aromatic heterocycles. The van der Waals surface area contributed by atoms with Crippen LogP contribution in [0.25, 0.3) is 6.08 Å². The SMILES string of the molecule is COC(=O)C=Cc1cccc(CO)n1. The first-order chi connectivity index (χ1) is 6.76. The average molecular weight is 193 g/mol. The molecule has 74 valence electrons. The number of carbonyl (C=O) groups is 1. The summed E-state index contributed by atoms with van der Waals surface area (Å²) in [5, 5.41) is 8.81. The summed E-state index contributed by atoms with van der Waals surface area (Å²) in [7, 11) is 1.31. The largest absolute Gasteiger partial charge is 0.466 e. The van der Waals surface area contributed by atoms with Gasteiger partial charge in [-0.2, -0.15) is 0 Å². The molecule has 0 spiro atoms. The zero-order valence-corrected chi connectivity index (χ0v) is 7.80. The van der Waals surface area contributed by atoms with Crippen molar-refractivity contribution >= 4 is 12.0 Å². The first-order valence-corrected chi connectivity index (χ1v) is 4.09. The van der Waals surface area contributed by atoms with Crippen LogP contribution in [0, 0.1) is 0 Å². The molecular formula is C10H11NO3. The van der Waals surface area contributed by atoms with Crippen molar-refractivity contribution in [2.24, 2.45) is 0 Å². The second-order valence-electron chi connectivity index (χ2n) is 2.57. The molecule has 0 aliphatic carbocycles. The Hall–Kier alpha value is -1.68. The molecular weight excluding hydrogens is 182 g/mol. The lowest BCUT2D eigenvalue weighted by Gasteiger charge is -1.96. The fourth-order valence-corrected chi connectivity index (χ4v) is 0.900. The van der Waals surface area contributed by atoms with Crippen molar-refractivity contribution in [1.29, 1.82) is 0 Å². The van der Waals surface area contributed by atoms with Gasteiger partial charge in [0.05, 0.1) is 25.1 Å². The van der Waals surface area contributed by atoms with E-state index in [2.05, 4.69) is 9.72 Å². The number of aliphatic hydroxyl groups is 1. The second kappa shape index (κ2) is 5.14. The summed E-state index contributed by atoms with van der Waals surface area (Å²) in [6, 6.07) is 5.20. The third-order valence-electron chi connectivity index (χ3n) is 1.58. The number of hydrogen-bond acceptors (Lipinski definition) is 4. The van der Waals surface area contributed by atoms with Gasteiger partial charge >= 0.3 is 5.97 Å². The van der Waals surface area contributed by atoms with Crippen molar-refractivity contribution in [1.82, 2.24) is 4.98 Å². The number of esters is 1. The predicted octanol–water partition coefficient (Wildman–Crippen LogP) is 0.760. The Morgan fingerprint density at radius 3 is 3.07 bits per heavy atom. The Kier molecular flexibility index (Phi) is 3.82. The van der Waals surface area contributed by atoms with Gasteiger partial charge in [0.2, 0.25) is 0 Å². The van der Waals surface area contributed by atoms with Crippen molar-refractivity contribution < 1.29 is 14.6 Å². The first kappa shape index (κ1) is 10.4. The Labute approximate surface area is 81.9 Å². The van der Waals surface area contributed by atoms with Crippen molar-refractivity contribution in [2.45, 2.75) is 6.61 Å². The van der Waals surface area contributed by atoms with Gasteiger partial charge in [-0.05, 0) is 18.2 Å². The topological polar surface area (TPSA) is 59.4 Å². The smallest absolute Gasteiger partial charge is 0.330 e. The molecule has 14 heavy (non-hydrogen) atoms. The van der Waals surface area contributed by atoms with Crippen LogP contribution in [0.4, 0.5) is 0 Å². The molecule has 4 nitrogen and oxygen atoms in total. The van der Waals surface area contributed by atoms with Gasteiger partial charge in [-0.3, -0.25) is 4.98 Å². The van der Waals surface area contributed by atoms with Crippen LogP contribution in [0.15, 0.2) is 24.3 Å². The molecule has 1 rings (SSSR count). The number of methoxy groups -OCH3 is 1. The van der Waals surface area contributed by atoms with Crippen LogP contribution in [0.1, 0.15) is 11.4 Å². The zero-order chi connectivity index (χ0) is 10.4. The highest BCUT2D eigenvalue weighted by atomic mass is 16.5. The van der Waals surface area contributed by atoms with E-state index in [-0.39, 0.29) is 6.61 Å². The third-order valence-corrected chi connectivity index (χ3v) is 1.58. The Morgan fingerprint density at radius 1 is 1.64 bits per heavy atom. The highest BCUT2D eigenvalue weighted by Crippen LogP contribution is 2.01. The van der Waals surface area contributed by atoms with E-state index < -0.39 is 5.97 Å². The molecule has 1 heterocycles. The molecule has 0 atom stereocenters. The minimum absolute atomic E-state index is 0.111. The van der Waals surface area contributed by atoms with Crippen LogP contribution in [0.3, 0.4) is 0 Å². The standard InChI is InChI=1S/C10H11NO3/c1-14-10(13)6-5-8-3-2-4-9(7-12)11-8/h2-6,12H,7H2,1H3. The second-order valence-corrected chi connectivity index (χ2v) is 2.57. The highest BCUT2D eigenvalue weighted by molar-refractivity contribution is 5.86. The van der Waals surface area contributed by atoms with E-state index in [0.717, 1.165) is 0 Å². The van der Waals surface area contributed by atoms with E-state index in [1.807, 2.05) is 0 Å². The van der Waals surface area contributed by atoms with Gasteiger partial charge < -0.3 is 9.84 Å². The van der Waals surface area contributed by atoms with Crippen molar-refractivity contribution in [3.8, 4) is 0 Å². The van der Waals surface area contributed by atoms with E-state index in [1.54, 1.807) is 18.2 Å². The fourth-order valence-electron chi connectivity index (χ4n) is 0.900. The normalized spacial score (nSPS) is 10.4. The van der Waals surface area contributed by atoms with E-state index in [1.165, 1.54) is 19.3 Å². The quantitative estimate of drug-likeness (QED) is 0.568. The summed E-state index contributed by atoms with van der Waals surface area (Å²) >= 11 is 0. The summed E-state index contributed by atoms with van der Waals surface area (Å²) in [6.45, 7) is -0.111. The molecule has 0 unspecified atom stereocenters. The molecule has 1 N–H and O–H groups in total. The lowest BCUT2D eigenvalue weighted by molar-refractivity contribution is -0.134. The van der Waals surface area contributed by atoms with E-state index in [9.17, 15) is 4.79 Å². The molecule has 0 fully saturated rings. The Balaban J connectivity index is 2.76. The number of nitrogens with zero attached hydrogens (tertiary/aromatic N) is 1. The van der Waals surface area contributed by atoms with Crippen molar-refractivity contribution in [2.75, 3.05) is 7.11 Å². The number of rotatable bonds is 3. The van der Waals surface area contributed by atoms with Crippen LogP contribution in [-0.4, -0.2) is 23.2 Å². The maximum absolute atomic E-state index is 10.8. The van der Waals surface area contributed by atoms with Gasteiger partial charge in [0, 0.05) is 6.08 Å². The first-order valence-electron chi connectivity index (χ1n) is 4.09. The molecule has 1 aromatic rings. The summed E-state index contributed by atoms with van der Waals surface area (Å²) in [5.74, 6) is -0.429. The average Bonchev–Trinajstić information content (AvgIpc) is 2.26. The van der Waals surface area contributed by atoms with Gasteiger partial charge in [0.1, 0.15) is 0 Å². The van der Waals surface area contributed by atoms with Crippen LogP contribution >= 0.6 is 0 Å². The zero-order valence-electron chi connectivity index (χ0n) is 7.80. The summed E-state index contributed by atoms with van der Waals surface area (Å²) in [5.41, 5.74) is 1.18. The summed E-state index contributed by atoms with van der Waals surface area (Å²) in [6.07, 6.45) is 2.81. The lowest BCUT2D eigenvalue weighted by Crippen LogP contribution is -1.94. The molecule has 0 aromatic carbocycles. The molecule has 0 saturated carbocycles. The maximum atomic E-state index is 10.8. The monoisotopic (exact) mass is 193 g/mol. The van der Waals surface area contributed by atoms with Crippen molar-refractivity contribution in [3.63, 3.8) is 0 Å². The Morgan fingerprint density at radius 2 is 2.43 bits per heavy atom. The van der Waals surface area contributed by atoms with E-state index in [4.69, 9.17) is 5.11 Å². The van der Waals surface area contributed by atoms with Gasteiger partial charge in [-0.1, -0.05) is 6.07 Å². The minimum atomic E-state index is -0.429. The number of aromatic nitrogens is 1. The van der Waals surface area contributed by atoms with Crippen LogP contribution < -0.4 is 0 Å². The molecule has 0 radical (unpaired) electrons. The van der Waals surface area contributed by atoms with Crippen LogP contribution in [-0.2, 0) is 16.1 Å². The predicted molar refractivity (Wildman–Crippen MR) is 51.2 cm³/mol. The van der Waals surface area contributed by atoms with Gasteiger partial charge in [-0.25, -0.2) is 4.79 Å². The summed E-state index contributed by atoms with van der Waals surface area (Å²) in [4.78, 5) is 14.8. The molecule has 0 saturated heterocycles. The van der Waals surface area contributed by atoms with E-state index >= 15 is 0 Å². The number of aliphatic hydroxyl groups excluding tert-OH is 1. The van der Waals surface area contributed by atoms with Crippen LogP contribution in [0.5, 0.6) is 0 Å². The number of hydrogen-bond donors (Lipinski definition) is 1. The van der Waals surface area contributed by atoms with Crippen molar-refractivity contribution in [3.05, 3.63) is 35.7 Å². The van der Waals surface area contributed by atoms with Gasteiger partial charge in [0.15, 0.2) is 0 Å². The van der Waals surface area contributed by atoms with E-state index in [0.29, 0.717) is 11.4 Å². The minimum Gasteiger partial charge on any atom is -0.466 e. The third kappa shape index (κ3) is 2.99. The molecule has 0 bridgehead atoms. The molecule has 0 aliphatic rings.